The third-order valence-electron chi connectivity index (χ3n) is 4.71. The first-order valence-electron chi connectivity index (χ1n) is 8.71. The first-order chi connectivity index (χ1) is 12.9. The Morgan fingerprint density at radius 3 is 2.85 bits per heavy atom. The summed E-state index contributed by atoms with van der Waals surface area (Å²) in [6, 6.07) is 3.90. The molecular weight excluding hydrogens is 371 g/mol. The van der Waals surface area contributed by atoms with Crippen molar-refractivity contribution in [3.8, 4) is 0 Å². The number of ether oxygens (including phenoxy) is 1. The lowest BCUT2D eigenvalue weighted by Gasteiger charge is -2.23. The average Bonchev–Trinajstić information content (AvgIpc) is 2.97. The number of thioether (sulfide) groups is 1. The molecule has 0 saturated carbocycles. The fourth-order valence-corrected chi connectivity index (χ4v) is 4.50. The van der Waals surface area contributed by atoms with E-state index in [1.54, 1.807) is 6.07 Å². The van der Waals surface area contributed by atoms with Crippen molar-refractivity contribution in [2.75, 3.05) is 11.4 Å². The molecule has 0 spiro atoms. The zero-order valence-corrected chi connectivity index (χ0v) is 15.7. The van der Waals surface area contributed by atoms with Gasteiger partial charge in [-0.1, -0.05) is 23.9 Å². The van der Waals surface area contributed by atoms with E-state index in [2.05, 4.69) is 6.08 Å². The van der Waals surface area contributed by atoms with E-state index >= 15 is 0 Å². The minimum atomic E-state index is -4.35. The molecule has 1 aromatic rings. The number of benzene rings is 1. The van der Waals surface area contributed by atoms with Crippen LogP contribution in [0.1, 0.15) is 25.8 Å². The molecule has 2 nitrogen and oxygen atoms in total. The van der Waals surface area contributed by atoms with Gasteiger partial charge in [0.1, 0.15) is 11.5 Å². The molecule has 4 rings (SSSR count). The van der Waals surface area contributed by atoms with Gasteiger partial charge < -0.3 is 9.64 Å². The third-order valence-corrected chi connectivity index (χ3v) is 5.82. The topological polar surface area (TPSA) is 12.5 Å². The molecule has 0 atom stereocenters. The minimum Gasteiger partial charge on any atom is -0.457 e. The van der Waals surface area contributed by atoms with Crippen molar-refractivity contribution < 1.29 is 17.9 Å². The van der Waals surface area contributed by atoms with Crippen molar-refractivity contribution in [3.05, 3.63) is 81.8 Å². The molecule has 0 radical (unpaired) electrons. The molecule has 0 bridgehead atoms. The summed E-state index contributed by atoms with van der Waals surface area (Å²) < 4.78 is 45.2. The third kappa shape index (κ3) is 3.34. The van der Waals surface area contributed by atoms with Crippen LogP contribution in [-0.4, -0.2) is 6.54 Å². The smallest absolute Gasteiger partial charge is 0.416 e. The number of halogens is 3. The maximum atomic E-state index is 13.1. The lowest BCUT2D eigenvalue weighted by molar-refractivity contribution is -0.137. The summed E-state index contributed by atoms with van der Waals surface area (Å²) in [5.74, 6) is 1.54. The van der Waals surface area contributed by atoms with Crippen LogP contribution >= 0.6 is 11.8 Å². The maximum absolute atomic E-state index is 13.1. The van der Waals surface area contributed by atoms with Gasteiger partial charge in [0.25, 0.3) is 0 Å². The highest BCUT2D eigenvalue weighted by Gasteiger charge is 2.34. The molecule has 1 aliphatic carbocycles. The first-order valence-corrected chi connectivity index (χ1v) is 9.53. The van der Waals surface area contributed by atoms with E-state index in [0.717, 1.165) is 33.7 Å². The fraction of sp³-hybridized carbons (Fsp3) is 0.238. The Balaban J connectivity index is 1.68. The van der Waals surface area contributed by atoms with Crippen LogP contribution in [-0.2, 0) is 10.9 Å². The number of hydrogen-bond acceptors (Lipinski definition) is 3. The molecular formula is C21H18F3NOS. The maximum Gasteiger partial charge on any atom is 0.416 e. The van der Waals surface area contributed by atoms with E-state index in [0.29, 0.717) is 18.0 Å². The van der Waals surface area contributed by atoms with Crippen molar-refractivity contribution in [2.24, 2.45) is 0 Å². The fourth-order valence-electron chi connectivity index (χ4n) is 3.35. The van der Waals surface area contributed by atoms with Crippen LogP contribution in [0.3, 0.4) is 0 Å². The molecule has 0 unspecified atom stereocenters. The van der Waals surface area contributed by atoms with Gasteiger partial charge >= 0.3 is 6.18 Å². The molecule has 3 aliphatic rings. The van der Waals surface area contributed by atoms with Gasteiger partial charge in [0.05, 0.1) is 16.3 Å². The lowest BCUT2D eigenvalue weighted by Crippen LogP contribution is -2.18. The molecule has 0 N–H and O–H groups in total. The number of allylic oxidation sites excluding steroid dienone is 7. The van der Waals surface area contributed by atoms with E-state index in [1.165, 1.54) is 23.4 Å². The standard InChI is InChI=1S/C21H18F3NOS/c1-3-25-17-11-14(21(22,23)24)8-9-19(17)27-20(25)12-15-10-13(2)16-6-4-5-7-18(16)26-15/h4-5,7-12H,3,6H2,1-2H3. The second-order valence-electron chi connectivity index (χ2n) is 6.48. The van der Waals surface area contributed by atoms with Crippen molar-refractivity contribution in [1.29, 1.82) is 0 Å². The van der Waals surface area contributed by atoms with Crippen LogP contribution in [0, 0.1) is 0 Å². The SMILES string of the molecule is CCN1C(=CC2=CC(C)=C3CC=CC=C3O2)Sc2ccc(C(F)(F)F)cc21. The molecule has 0 aromatic heterocycles. The quantitative estimate of drug-likeness (QED) is 0.569. The zero-order chi connectivity index (χ0) is 19.2. The molecule has 140 valence electrons. The number of hydrogen-bond donors (Lipinski definition) is 0. The highest BCUT2D eigenvalue weighted by molar-refractivity contribution is 8.03. The monoisotopic (exact) mass is 389 g/mol. The predicted octanol–water partition coefficient (Wildman–Crippen LogP) is 6.55. The van der Waals surface area contributed by atoms with E-state index in [9.17, 15) is 13.2 Å². The van der Waals surface area contributed by atoms with Gasteiger partial charge in [-0.25, -0.2) is 0 Å². The number of rotatable bonds is 2. The average molecular weight is 389 g/mol. The van der Waals surface area contributed by atoms with Crippen molar-refractivity contribution in [2.45, 2.75) is 31.3 Å². The molecule has 0 fully saturated rings. The lowest BCUT2D eigenvalue weighted by atomic mass is 9.98. The first kappa shape index (κ1) is 18.0. The van der Waals surface area contributed by atoms with Gasteiger partial charge in [-0.05, 0) is 56.2 Å². The summed E-state index contributed by atoms with van der Waals surface area (Å²) in [6.45, 7) is 4.55. The second kappa shape index (κ2) is 6.68. The summed E-state index contributed by atoms with van der Waals surface area (Å²) in [6.07, 6.45) is 6.39. The Kier molecular flexibility index (Phi) is 4.46. The number of fused-ring (bicyclic) bond motifs is 2. The van der Waals surface area contributed by atoms with Gasteiger partial charge in [0.2, 0.25) is 0 Å². The normalized spacial score (nSPS) is 20.3. The Morgan fingerprint density at radius 2 is 2.11 bits per heavy atom. The molecule has 27 heavy (non-hydrogen) atoms. The van der Waals surface area contributed by atoms with E-state index in [-0.39, 0.29) is 0 Å². The number of anilines is 1. The van der Waals surface area contributed by atoms with Gasteiger partial charge in [-0.15, -0.1) is 0 Å². The zero-order valence-electron chi connectivity index (χ0n) is 14.9. The minimum absolute atomic E-state index is 0.575. The van der Waals surface area contributed by atoms with Gasteiger partial charge in [-0.3, -0.25) is 0 Å². The van der Waals surface area contributed by atoms with Crippen molar-refractivity contribution >= 4 is 17.4 Å². The summed E-state index contributed by atoms with van der Waals surface area (Å²) in [7, 11) is 0. The molecule has 2 heterocycles. The Hall–Kier alpha value is -2.34. The van der Waals surface area contributed by atoms with Crippen LogP contribution in [0.15, 0.2) is 81.2 Å². The van der Waals surface area contributed by atoms with Crippen LogP contribution < -0.4 is 4.90 Å². The number of alkyl halides is 3. The molecule has 2 aliphatic heterocycles. The second-order valence-corrected chi connectivity index (χ2v) is 7.54. The Labute approximate surface area is 160 Å². The van der Waals surface area contributed by atoms with Crippen LogP contribution in [0.5, 0.6) is 0 Å². The van der Waals surface area contributed by atoms with E-state index in [1.807, 2.05) is 43.1 Å². The molecule has 0 amide bonds. The molecule has 0 saturated heterocycles. The highest BCUT2D eigenvalue weighted by Crippen LogP contribution is 2.48. The van der Waals surface area contributed by atoms with Gasteiger partial charge in [0.15, 0.2) is 0 Å². The van der Waals surface area contributed by atoms with Gasteiger partial charge in [0, 0.05) is 23.1 Å². The van der Waals surface area contributed by atoms with Gasteiger partial charge in [-0.2, -0.15) is 13.2 Å². The van der Waals surface area contributed by atoms with E-state index in [4.69, 9.17) is 4.74 Å². The molecule has 1 aromatic carbocycles. The summed E-state index contributed by atoms with van der Waals surface area (Å²) in [5, 5.41) is 0.862. The molecule has 6 heteroatoms. The number of nitrogens with zero attached hydrogens (tertiary/aromatic N) is 1. The van der Waals surface area contributed by atoms with Crippen LogP contribution in [0.4, 0.5) is 18.9 Å². The largest absolute Gasteiger partial charge is 0.457 e. The summed E-state index contributed by atoms with van der Waals surface area (Å²) >= 11 is 1.46. The predicted molar refractivity (Wildman–Crippen MR) is 102 cm³/mol. The van der Waals surface area contributed by atoms with Crippen LogP contribution in [0.2, 0.25) is 0 Å². The van der Waals surface area contributed by atoms with Crippen molar-refractivity contribution in [3.63, 3.8) is 0 Å². The van der Waals surface area contributed by atoms with E-state index < -0.39 is 11.7 Å². The Bertz CT molecular complexity index is 951. The Morgan fingerprint density at radius 1 is 1.30 bits per heavy atom. The van der Waals surface area contributed by atoms with Crippen molar-refractivity contribution in [1.82, 2.24) is 0 Å². The summed E-state index contributed by atoms with van der Waals surface area (Å²) in [4.78, 5) is 2.71. The summed E-state index contributed by atoms with van der Waals surface area (Å²) in [5.41, 5.74) is 2.28. The van der Waals surface area contributed by atoms with Crippen LogP contribution in [0.25, 0.3) is 0 Å². The highest BCUT2D eigenvalue weighted by atomic mass is 32.2.